The summed E-state index contributed by atoms with van der Waals surface area (Å²) in [6.07, 6.45) is 5.59. The van der Waals surface area contributed by atoms with Crippen LogP contribution in [-0.2, 0) is 17.8 Å². The summed E-state index contributed by atoms with van der Waals surface area (Å²) < 4.78 is 7.80. The molecule has 1 unspecified atom stereocenters. The van der Waals surface area contributed by atoms with Gasteiger partial charge in [-0.2, -0.15) is 5.10 Å². The van der Waals surface area contributed by atoms with Crippen molar-refractivity contribution < 1.29 is 4.74 Å². The lowest BCUT2D eigenvalue weighted by Gasteiger charge is -2.24. The summed E-state index contributed by atoms with van der Waals surface area (Å²) in [5.74, 6) is 0. The van der Waals surface area contributed by atoms with E-state index < -0.39 is 0 Å². The zero-order valence-electron chi connectivity index (χ0n) is 9.28. The number of aromatic nitrogens is 2. The normalized spacial score (nSPS) is 21.9. The van der Waals surface area contributed by atoms with Crippen molar-refractivity contribution >= 4 is 0 Å². The monoisotopic (exact) mass is 209 g/mol. The number of nitrogens with zero attached hydrogens (tertiary/aromatic N) is 2. The largest absolute Gasteiger partial charge is 0.372 e. The Labute approximate surface area is 90.4 Å². The Bertz CT molecular complexity index is 294. The van der Waals surface area contributed by atoms with E-state index in [-0.39, 0.29) is 6.10 Å². The van der Waals surface area contributed by atoms with Gasteiger partial charge in [0.2, 0.25) is 0 Å². The maximum atomic E-state index is 5.79. The van der Waals surface area contributed by atoms with Gasteiger partial charge in [0.25, 0.3) is 0 Å². The number of ether oxygens (including phenoxy) is 1. The Morgan fingerprint density at radius 2 is 2.47 bits per heavy atom. The molecule has 1 saturated heterocycles. The summed E-state index contributed by atoms with van der Waals surface area (Å²) in [7, 11) is 0. The van der Waals surface area contributed by atoms with Crippen molar-refractivity contribution in [2.45, 2.75) is 45.4 Å². The molecule has 84 valence electrons. The minimum absolute atomic E-state index is 0.208. The summed E-state index contributed by atoms with van der Waals surface area (Å²) in [4.78, 5) is 0. The summed E-state index contributed by atoms with van der Waals surface area (Å²) in [6, 6.07) is 0. The van der Waals surface area contributed by atoms with Crippen LogP contribution in [0.1, 0.15) is 43.5 Å². The Kier molecular flexibility index (Phi) is 3.38. The van der Waals surface area contributed by atoms with Crippen molar-refractivity contribution in [2.24, 2.45) is 5.73 Å². The van der Waals surface area contributed by atoms with Gasteiger partial charge in [0, 0.05) is 25.3 Å². The molecule has 4 heteroatoms. The predicted molar refractivity (Wildman–Crippen MR) is 58.3 cm³/mol. The third-order valence-corrected chi connectivity index (χ3v) is 2.96. The molecule has 1 fully saturated rings. The Hall–Kier alpha value is -0.870. The maximum Gasteiger partial charge on any atom is 0.0994 e. The highest BCUT2D eigenvalue weighted by atomic mass is 16.5. The van der Waals surface area contributed by atoms with Crippen LogP contribution in [0.3, 0.4) is 0 Å². The SMILES string of the molecule is CCn1ncc(CN)c1C1CCCCO1. The lowest BCUT2D eigenvalue weighted by molar-refractivity contribution is 0.00903. The molecule has 0 aliphatic carbocycles. The first kappa shape index (κ1) is 10.6. The highest BCUT2D eigenvalue weighted by molar-refractivity contribution is 5.20. The molecule has 15 heavy (non-hydrogen) atoms. The van der Waals surface area contributed by atoms with Crippen molar-refractivity contribution in [3.05, 3.63) is 17.5 Å². The molecule has 0 aromatic carbocycles. The van der Waals surface area contributed by atoms with E-state index in [9.17, 15) is 0 Å². The van der Waals surface area contributed by atoms with Gasteiger partial charge in [-0.25, -0.2) is 0 Å². The van der Waals surface area contributed by atoms with Crippen LogP contribution in [0.15, 0.2) is 6.20 Å². The Morgan fingerprint density at radius 3 is 3.07 bits per heavy atom. The highest BCUT2D eigenvalue weighted by Crippen LogP contribution is 2.29. The van der Waals surface area contributed by atoms with E-state index in [1.54, 1.807) is 0 Å². The Balaban J connectivity index is 2.26. The Morgan fingerprint density at radius 1 is 1.60 bits per heavy atom. The van der Waals surface area contributed by atoms with Crippen LogP contribution in [0.25, 0.3) is 0 Å². The van der Waals surface area contributed by atoms with E-state index in [4.69, 9.17) is 10.5 Å². The van der Waals surface area contributed by atoms with Gasteiger partial charge >= 0.3 is 0 Å². The third-order valence-electron chi connectivity index (χ3n) is 2.96. The fourth-order valence-electron chi connectivity index (χ4n) is 2.17. The standard InChI is InChI=1S/C11H19N3O/c1-2-14-11(9(7-12)8-13-14)10-5-3-4-6-15-10/h8,10H,2-7,12H2,1H3. The molecule has 2 heterocycles. The smallest absolute Gasteiger partial charge is 0.0994 e. The van der Waals surface area contributed by atoms with Gasteiger partial charge in [0.1, 0.15) is 0 Å². The maximum absolute atomic E-state index is 5.79. The fraction of sp³-hybridized carbons (Fsp3) is 0.727. The lowest BCUT2D eigenvalue weighted by Crippen LogP contribution is -2.18. The second kappa shape index (κ2) is 4.77. The van der Waals surface area contributed by atoms with Gasteiger partial charge in [-0.1, -0.05) is 0 Å². The molecule has 2 rings (SSSR count). The summed E-state index contributed by atoms with van der Waals surface area (Å²) in [6.45, 7) is 4.40. The molecule has 1 aromatic rings. The molecule has 1 aromatic heterocycles. The molecule has 1 aliphatic heterocycles. The molecule has 0 amide bonds. The van der Waals surface area contributed by atoms with E-state index in [0.29, 0.717) is 6.54 Å². The zero-order valence-corrected chi connectivity index (χ0v) is 9.28. The van der Waals surface area contributed by atoms with Crippen molar-refractivity contribution in [3.63, 3.8) is 0 Å². The van der Waals surface area contributed by atoms with Crippen LogP contribution in [0.5, 0.6) is 0 Å². The molecule has 0 bridgehead atoms. The van der Waals surface area contributed by atoms with E-state index in [2.05, 4.69) is 12.0 Å². The van der Waals surface area contributed by atoms with E-state index >= 15 is 0 Å². The second-order valence-electron chi connectivity index (χ2n) is 3.93. The summed E-state index contributed by atoms with van der Waals surface area (Å²) >= 11 is 0. The van der Waals surface area contributed by atoms with Gasteiger partial charge in [-0.15, -0.1) is 0 Å². The van der Waals surface area contributed by atoms with Crippen molar-refractivity contribution in [3.8, 4) is 0 Å². The van der Waals surface area contributed by atoms with Gasteiger partial charge in [0.15, 0.2) is 0 Å². The number of aryl methyl sites for hydroxylation is 1. The first-order valence-electron chi connectivity index (χ1n) is 5.73. The second-order valence-corrected chi connectivity index (χ2v) is 3.93. The van der Waals surface area contributed by atoms with E-state index in [1.807, 2.05) is 10.9 Å². The van der Waals surface area contributed by atoms with E-state index in [1.165, 1.54) is 18.5 Å². The highest BCUT2D eigenvalue weighted by Gasteiger charge is 2.22. The number of nitrogens with two attached hydrogens (primary N) is 1. The molecular formula is C11H19N3O. The molecule has 2 N–H and O–H groups in total. The number of rotatable bonds is 3. The van der Waals surface area contributed by atoms with Gasteiger partial charge in [-0.05, 0) is 26.2 Å². The number of hydrogen-bond donors (Lipinski definition) is 1. The first-order chi connectivity index (χ1) is 7.36. The molecule has 1 atom stereocenters. The number of hydrogen-bond acceptors (Lipinski definition) is 3. The molecule has 1 aliphatic rings. The predicted octanol–water partition coefficient (Wildman–Crippen LogP) is 1.60. The van der Waals surface area contributed by atoms with Crippen molar-refractivity contribution in [2.75, 3.05) is 6.61 Å². The van der Waals surface area contributed by atoms with Crippen LogP contribution in [0.2, 0.25) is 0 Å². The van der Waals surface area contributed by atoms with Crippen LogP contribution in [0.4, 0.5) is 0 Å². The third kappa shape index (κ3) is 2.06. The minimum Gasteiger partial charge on any atom is -0.372 e. The first-order valence-corrected chi connectivity index (χ1v) is 5.73. The van der Waals surface area contributed by atoms with Gasteiger partial charge in [-0.3, -0.25) is 4.68 Å². The fourth-order valence-corrected chi connectivity index (χ4v) is 2.17. The van der Waals surface area contributed by atoms with E-state index in [0.717, 1.165) is 25.1 Å². The molecular weight excluding hydrogens is 190 g/mol. The average molecular weight is 209 g/mol. The molecule has 4 nitrogen and oxygen atoms in total. The molecule has 0 spiro atoms. The van der Waals surface area contributed by atoms with Crippen molar-refractivity contribution in [1.82, 2.24) is 9.78 Å². The summed E-state index contributed by atoms with van der Waals surface area (Å²) in [5.41, 5.74) is 8.04. The molecule has 0 radical (unpaired) electrons. The van der Waals surface area contributed by atoms with Crippen molar-refractivity contribution in [1.29, 1.82) is 0 Å². The quantitative estimate of drug-likeness (QED) is 0.822. The van der Waals surface area contributed by atoms with Crippen LogP contribution >= 0.6 is 0 Å². The lowest BCUT2D eigenvalue weighted by atomic mass is 10.0. The van der Waals surface area contributed by atoms with Crippen LogP contribution in [0, 0.1) is 0 Å². The zero-order chi connectivity index (χ0) is 10.7. The van der Waals surface area contributed by atoms with Gasteiger partial charge in [0.05, 0.1) is 18.0 Å². The molecule has 0 saturated carbocycles. The van der Waals surface area contributed by atoms with Crippen LogP contribution in [-0.4, -0.2) is 16.4 Å². The van der Waals surface area contributed by atoms with Crippen LogP contribution < -0.4 is 5.73 Å². The topological polar surface area (TPSA) is 53.1 Å². The minimum atomic E-state index is 0.208. The summed E-state index contributed by atoms with van der Waals surface area (Å²) in [5, 5.41) is 4.34. The average Bonchev–Trinajstić information content (AvgIpc) is 2.72. The van der Waals surface area contributed by atoms with Gasteiger partial charge < -0.3 is 10.5 Å².